The third kappa shape index (κ3) is 4.04. The van der Waals surface area contributed by atoms with Gasteiger partial charge in [-0.25, -0.2) is 0 Å². The zero-order valence-electron chi connectivity index (χ0n) is 23.0. The van der Waals surface area contributed by atoms with Crippen LogP contribution in [0.2, 0.25) is 0 Å². The normalized spacial score (nSPS) is 12.4. The third-order valence-electron chi connectivity index (χ3n) is 8.28. The van der Waals surface area contributed by atoms with Crippen LogP contribution in [-0.4, -0.2) is 4.57 Å². The smallest absolute Gasteiger partial charge is 0.136 e. The van der Waals surface area contributed by atoms with Gasteiger partial charge in [0.25, 0.3) is 0 Å². The second kappa shape index (κ2) is 9.95. The molecule has 8 aromatic rings. The van der Waals surface area contributed by atoms with Crippen LogP contribution >= 0.6 is 0 Å². The quantitative estimate of drug-likeness (QED) is 0.220. The highest BCUT2D eigenvalue weighted by Gasteiger charge is 2.17. The number of hydrogen-bond donors (Lipinski definition) is 2. The molecule has 4 nitrogen and oxygen atoms in total. The molecule has 0 saturated carbocycles. The SMILES string of the molecule is NC(c1ccccc1)c1ccccc1NCc1cccc(-n2c3ccccc3c3cc4oc5ccccc5c4cc32)c1. The molecule has 1 unspecified atom stereocenters. The molecule has 8 rings (SSSR count). The summed E-state index contributed by atoms with van der Waals surface area (Å²) in [6.45, 7) is 0.681. The van der Waals surface area contributed by atoms with E-state index in [-0.39, 0.29) is 6.04 Å². The molecule has 0 bridgehead atoms. The molecule has 0 fully saturated rings. The lowest BCUT2D eigenvalue weighted by atomic mass is 9.98. The second-order valence-electron chi connectivity index (χ2n) is 10.8. The number of fused-ring (bicyclic) bond motifs is 6. The van der Waals surface area contributed by atoms with Crippen molar-refractivity contribution in [2.75, 3.05) is 5.32 Å². The van der Waals surface area contributed by atoms with Crippen LogP contribution in [0.1, 0.15) is 22.7 Å². The number of aromatic nitrogens is 1. The first-order valence-corrected chi connectivity index (χ1v) is 14.3. The van der Waals surface area contributed by atoms with Gasteiger partial charge < -0.3 is 20.0 Å². The molecule has 0 aliphatic heterocycles. The molecule has 2 aromatic heterocycles. The number of nitrogens with two attached hydrogens (primary N) is 1. The number of nitrogens with one attached hydrogen (secondary N) is 1. The van der Waals surface area contributed by atoms with E-state index in [0.29, 0.717) is 6.54 Å². The minimum absolute atomic E-state index is 0.199. The summed E-state index contributed by atoms with van der Waals surface area (Å²) in [5.74, 6) is 0. The van der Waals surface area contributed by atoms with E-state index in [1.807, 2.05) is 36.4 Å². The number of para-hydroxylation sites is 3. The first-order valence-electron chi connectivity index (χ1n) is 14.3. The van der Waals surface area contributed by atoms with E-state index >= 15 is 0 Å². The summed E-state index contributed by atoms with van der Waals surface area (Å²) in [7, 11) is 0. The Morgan fingerprint density at radius 3 is 2.26 bits per heavy atom. The summed E-state index contributed by atoms with van der Waals surface area (Å²) >= 11 is 0. The number of furan rings is 1. The predicted molar refractivity (Wildman–Crippen MR) is 174 cm³/mol. The van der Waals surface area contributed by atoms with E-state index in [4.69, 9.17) is 10.2 Å². The van der Waals surface area contributed by atoms with Crippen LogP contribution in [0.3, 0.4) is 0 Å². The number of rotatable bonds is 6. The third-order valence-corrected chi connectivity index (χ3v) is 8.28. The van der Waals surface area contributed by atoms with E-state index < -0.39 is 0 Å². The molecule has 0 spiro atoms. The Kier molecular flexibility index (Phi) is 5.80. The van der Waals surface area contributed by atoms with Gasteiger partial charge in [0.1, 0.15) is 11.2 Å². The number of anilines is 1. The van der Waals surface area contributed by atoms with E-state index in [9.17, 15) is 0 Å². The van der Waals surface area contributed by atoms with Crippen LogP contribution in [0.5, 0.6) is 0 Å². The molecule has 42 heavy (non-hydrogen) atoms. The summed E-state index contributed by atoms with van der Waals surface area (Å²) in [6.07, 6.45) is 0. The first kappa shape index (κ1) is 24.5. The van der Waals surface area contributed by atoms with E-state index in [2.05, 4.69) is 113 Å². The summed E-state index contributed by atoms with van der Waals surface area (Å²) in [5, 5.41) is 8.33. The fourth-order valence-electron chi connectivity index (χ4n) is 6.24. The summed E-state index contributed by atoms with van der Waals surface area (Å²) in [6, 6.07) is 48.5. The lowest BCUT2D eigenvalue weighted by Crippen LogP contribution is -2.14. The van der Waals surface area contributed by atoms with Crippen molar-refractivity contribution in [2.45, 2.75) is 12.6 Å². The molecule has 0 amide bonds. The van der Waals surface area contributed by atoms with Crippen molar-refractivity contribution >= 4 is 49.4 Å². The van der Waals surface area contributed by atoms with Crippen LogP contribution < -0.4 is 11.1 Å². The van der Waals surface area contributed by atoms with Crippen LogP contribution in [0, 0.1) is 0 Å². The van der Waals surface area contributed by atoms with Crippen LogP contribution in [0.15, 0.2) is 144 Å². The maximum absolute atomic E-state index is 6.70. The van der Waals surface area contributed by atoms with Crippen molar-refractivity contribution in [1.29, 1.82) is 0 Å². The fourth-order valence-corrected chi connectivity index (χ4v) is 6.24. The molecular weight excluding hydrogens is 514 g/mol. The molecule has 0 aliphatic carbocycles. The van der Waals surface area contributed by atoms with Gasteiger partial charge in [0, 0.05) is 39.5 Å². The molecule has 0 aliphatic rings. The topological polar surface area (TPSA) is 56.1 Å². The van der Waals surface area contributed by atoms with Crippen LogP contribution in [-0.2, 0) is 6.54 Å². The van der Waals surface area contributed by atoms with Crippen LogP contribution in [0.4, 0.5) is 5.69 Å². The van der Waals surface area contributed by atoms with Gasteiger partial charge >= 0.3 is 0 Å². The van der Waals surface area contributed by atoms with Gasteiger partial charge in [-0.05, 0) is 59.2 Å². The van der Waals surface area contributed by atoms with Crippen molar-refractivity contribution in [3.05, 3.63) is 156 Å². The van der Waals surface area contributed by atoms with E-state index in [0.717, 1.165) is 44.4 Å². The monoisotopic (exact) mass is 543 g/mol. The lowest BCUT2D eigenvalue weighted by Gasteiger charge is -2.18. The van der Waals surface area contributed by atoms with Crippen molar-refractivity contribution in [3.63, 3.8) is 0 Å². The van der Waals surface area contributed by atoms with Crippen LogP contribution in [0.25, 0.3) is 49.4 Å². The maximum atomic E-state index is 6.70. The summed E-state index contributed by atoms with van der Waals surface area (Å²) in [4.78, 5) is 0. The molecule has 4 heteroatoms. The standard InChI is InChI=1S/C38H29N3O/c39-38(26-12-2-1-3-13-26)30-17-4-7-18-33(30)40-24-25-11-10-14-27(21-25)41-34-19-8-5-15-28(34)31-23-37-32(22-35(31)41)29-16-6-9-20-36(29)42-37/h1-23,38,40H,24,39H2. The Morgan fingerprint density at radius 1 is 0.595 bits per heavy atom. The fraction of sp³-hybridized carbons (Fsp3) is 0.0526. The van der Waals surface area contributed by atoms with Gasteiger partial charge in [0.05, 0.1) is 17.1 Å². The number of hydrogen-bond acceptors (Lipinski definition) is 3. The maximum Gasteiger partial charge on any atom is 0.136 e. The van der Waals surface area contributed by atoms with Gasteiger partial charge in [-0.3, -0.25) is 0 Å². The molecule has 1 atom stereocenters. The Bertz CT molecular complexity index is 2230. The minimum Gasteiger partial charge on any atom is -0.456 e. The average molecular weight is 544 g/mol. The molecule has 0 radical (unpaired) electrons. The van der Waals surface area contributed by atoms with Gasteiger partial charge in [-0.2, -0.15) is 0 Å². The molecular formula is C38H29N3O. The molecule has 0 saturated heterocycles. The van der Waals surface area contributed by atoms with Crippen molar-refractivity contribution in [1.82, 2.24) is 4.57 Å². The highest BCUT2D eigenvalue weighted by molar-refractivity contribution is 6.17. The first-order chi connectivity index (χ1) is 20.7. The zero-order valence-corrected chi connectivity index (χ0v) is 23.0. The summed E-state index contributed by atoms with van der Waals surface area (Å²) < 4.78 is 8.62. The highest BCUT2D eigenvalue weighted by Crippen LogP contribution is 2.38. The Hall–Kier alpha value is -5.32. The van der Waals surface area contributed by atoms with Gasteiger partial charge in [0.15, 0.2) is 0 Å². The summed E-state index contributed by atoms with van der Waals surface area (Å²) in [5.41, 5.74) is 16.4. The second-order valence-corrected chi connectivity index (χ2v) is 10.8. The van der Waals surface area contributed by atoms with Crippen molar-refractivity contribution in [3.8, 4) is 5.69 Å². The Labute approximate surface area is 243 Å². The van der Waals surface area contributed by atoms with Crippen molar-refractivity contribution in [2.24, 2.45) is 5.73 Å². The highest BCUT2D eigenvalue weighted by atomic mass is 16.3. The molecule has 6 aromatic carbocycles. The minimum atomic E-state index is -0.199. The number of nitrogens with zero attached hydrogens (tertiary/aromatic N) is 1. The van der Waals surface area contributed by atoms with E-state index in [1.54, 1.807) is 0 Å². The van der Waals surface area contributed by atoms with Crippen molar-refractivity contribution < 1.29 is 4.42 Å². The molecule has 3 N–H and O–H groups in total. The molecule has 202 valence electrons. The van der Waals surface area contributed by atoms with Gasteiger partial charge in [-0.15, -0.1) is 0 Å². The van der Waals surface area contributed by atoms with E-state index in [1.165, 1.54) is 27.4 Å². The molecule has 2 heterocycles. The number of benzene rings is 6. The zero-order chi connectivity index (χ0) is 28.0. The predicted octanol–water partition coefficient (Wildman–Crippen LogP) is 9.34. The largest absolute Gasteiger partial charge is 0.456 e. The Morgan fingerprint density at radius 2 is 1.36 bits per heavy atom. The van der Waals surface area contributed by atoms with Gasteiger partial charge in [0.2, 0.25) is 0 Å². The average Bonchev–Trinajstić information content (AvgIpc) is 3.58. The lowest BCUT2D eigenvalue weighted by molar-refractivity contribution is 0.669. The Balaban J connectivity index is 1.19. The van der Waals surface area contributed by atoms with Gasteiger partial charge in [-0.1, -0.05) is 97.1 Å².